The van der Waals surface area contributed by atoms with Gasteiger partial charge in [0.25, 0.3) is 0 Å². The van der Waals surface area contributed by atoms with Crippen molar-refractivity contribution in [2.45, 2.75) is 26.2 Å². The third kappa shape index (κ3) is 3.90. The first-order valence-electron chi connectivity index (χ1n) is 8.23. The summed E-state index contributed by atoms with van der Waals surface area (Å²) in [6.07, 6.45) is 5.71. The number of nitrogens with one attached hydrogen (secondary N) is 1. The summed E-state index contributed by atoms with van der Waals surface area (Å²) in [6.45, 7) is 7.07. The second kappa shape index (κ2) is 7.30. The summed E-state index contributed by atoms with van der Waals surface area (Å²) in [4.78, 5) is 6.97. The Hall–Kier alpha value is -1.32. The zero-order chi connectivity index (χ0) is 15.4. The highest BCUT2D eigenvalue weighted by molar-refractivity contribution is 6.31. The molecular weight excluding hydrogens is 294 g/mol. The summed E-state index contributed by atoms with van der Waals surface area (Å²) in [7, 11) is 0. The molecule has 0 saturated carbocycles. The minimum absolute atomic E-state index is 0.733. The van der Waals surface area contributed by atoms with Crippen molar-refractivity contribution in [1.29, 1.82) is 0 Å². The molecule has 1 aromatic carbocycles. The number of piperidine rings is 1. The lowest BCUT2D eigenvalue weighted by Crippen LogP contribution is -2.34. The predicted octanol–water partition coefficient (Wildman–Crippen LogP) is 4.42. The number of nitrogens with zero attached hydrogens (tertiary/aromatic N) is 2. The quantitative estimate of drug-likeness (QED) is 0.827. The minimum Gasteiger partial charge on any atom is -0.384 e. The van der Waals surface area contributed by atoms with Crippen LogP contribution in [0.3, 0.4) is 0 Å². The van der Waals surface area contributed by atoms with Crippen molar-refractivity contribution in [2.75, 3.05) is 31.5 Å². The molecule has 1 fully saturated rings. The highest BCUT2D eigenvalue weighted by atomic mass is 35.5. The lowest BCUT2D eigenvalue weighted by atomic mass is 9.99. The molecular formula is C18H24ClN3. The molecule has 1 N–H and O–H groups in total. The molecule has 3 nitrogen and oxygen atoms in total. The molecule has 118 valence electrons. The summed E-state index contributed by atoms with van der Waals surface area (Å²) >= 11 is 6.03. The Labute approximate surface area is 137 Å². The van der Waals surface area contributed by atoms with E-state index >= 15 is 0 Å². The Balaban J connectivity index is 1.51. The summed E-state index contributed by atoms with van der Waals surface area (Å²) in [5.41, 5.74) is 2.09. The second-order valence-corrected chi connectivity index (χ2v) is 6.76. The Bertz CT molecular complexity index is 621. The molecule has 2 aromatic rings. The van der Waals surface area contributed by atoms with Gasteiger partial charge in [0.05, 0.1) is 5.52 Å². The number of hydrogen-bond acceptors (Lipinski definition) is 3. The van der Waals surface area contributed by atoms with Crippen molar-refractivity contribution in [2.24, 2.45) is 5.92 Å². The van der Waals surface area contributed by atoms with E-state index in [1.165, 1.54) is 38.9 Å². The monoisotopic (exact) mass is 317 g/mol. The number of anilines is 1. The molecule has 1 aliphatic heterocycles. The molecule has 0 spiro atoms. The molecule has 1 aliphatic rings. The van der Waals surface area contributed by atoms with E-state index in [2.05, 4.69) is 22.1 Å². The smallest absolute Gasteiger partial charge is 0.0737 e. The van der Waals surface area contributed by atoms with E-state index in [9.17, 15) is 0 Å². The average Bonchev–Trinajstić information content (AvgIpc) is 2.53. The van der Waals surface area contributed by atoms with Crippen LogP contribution in [0.25, 0.3) is 10.9 Å². The summed E-state index contributed by atoms with van der Waals surface area (Å²) in [5, 5.41) is 5.42. The number of benzene rings is 1. The van der Waals surface area contributed by atoms with Crippen LogP contribution in [0, 0.1) is 5.92 Å². The minimum atomic E-state index is 0.733. The summed E-state index contributed by atoms with van der Waals surface area (Å²) in [6, 6.07) is 7.92. The van der Waals surface area contributed by atoms with Crippen molar-refractivity contribution in [3.05, 3.63) is 35.5 Å². The lowest BCUT2D eigenvalue weighted by molar-refractivity contribution is 0.192. The lowest BCUT2D eigenvalue weighted by Gasteiger charge is -2.30. The van der Waals surface area contributed by atoms with Crippen LogP contribution in [0.15, 0.2) is 30.5 Å². The number of rotatable bonds is 5. The van der Waals surface area contributed by atoms with Gasteiger partial charge in [0.1, 0.15) is 0 Å². The van der Waals surface area contributed by atoms with Gasteiger partial charge in [0.2, 0.25) is 0 Å². The molecule has 0 atom stereocenters. The van der Waals surface area contributed by atoms with E-state index in [4.69, 9.17) is 11.6 Å². The van der Waals surface area contributed by atoms with E-state index in [-0.39, 0.29) is 0 Å². The first-order chi connectivity index (χ1) is 10.7. The Morgan fingerprint density at radius 3 is 2.91 bits per heavy atom. The standard InChI is InChI=1S/C18H24ClN3/c1-14-6-11-22(12-7-14)10-2-8-20-17-5-9-21-18-13-15(19)3-4-16(17)18/h3-5,9,13-14H,2,6-8,10-12H2,1H3,(H,20,21). The average molecular weight is 318 g/mol. The van der Waals surface area contributed by atoms with Crippen molar-refractivity contribution >= 4 is 28.2 Å². The number of halogens is 1. The summed E-state index contributed by atoms with van der Waals surface area (Å²) < 4.78 is 0. The van der Waals surface area contributed by atoms with Crippen LogP contribution in [0.4, 0.5) is 5.69 Å². The van der Waals surface area contributed by atoms with Gasteiger partial charge in [-0.3, -0.25) is 4.98 Å². The van der Waals surface area contributed by atoms with Gasteiger partial charge < -0.3 is 10.2 Å². The molecule has 0 amide bonds. The van der Waals surface area contributed by atoms with Gasteiger partial charge in [-0.1, -0.05) is 18.5 Å². The van der Waals surface area contributed by atoms with Gasteiger partial charge in [-0.2, -0.15) is 0 Å². The van der Waals surface area contributed by atoms with Crippen molar-refractivity contribution in [1.82, 2.24) is 9.88 Å². The SMILES string of the molecule is CC1CCN(CCCNc2ccnc3cc(Cl)ccc23)CC1. The highest BCUT2D eigenvalue weighted by Gasteiger charge is 2.14. The fourth-order valence-corrected chi connectivity index (χ4v) is 3.25. The van der Waals surface area contributed by atoms with E-state index in [1.807, 2.05) is 30.5 Å². The number of fused-ring (bicyclic) bond motifs is 1. The molecule has 2 heterocycles. The largest absolute Gasteiger partial charge is 0.384 e. The maximum atomic E-state index is 6.03. The number of likely N-dealkylation sites (tertiary alicyclic amines) is 1. The third-order valence-electron chi connectivity index (χ3n) is 4.55. The fraction of sp³-hybridized carbons (Fsp3) is 0.500. The van der Waals surface area contributed by atoms with Crippen LogP contribution in [-0.2, 0) is 0 Å². The Morgan fingerprint density at radius 1 is 1.27 bits per heavy atom. The van der Waals surface area contributed by atoms with Gasteiger partial charge >= 0.3 is 0 Å². The van der Waals surface area contributed by atoms with Crippen molar-refractivity contribution in [3.63, 3.8) is 0 Å². The van der Waals surface area contributed by atoms with Crippen LogP contribution in [0.5, 0.6) is 0 Å². The van der Waals surface area contributed by atoms with Crippen molar-refractivity contribution < 1.29 is 0 Å². The number of aromatic nitrogens is 1. The van der Waals surface area contributed by atoms with Gasteiger partial charge in [0.15, 0.2) is 0 Å². The van der Waals surface area contributed by atoms with Gasteiger partial charge in [0, 0.05) is 28.8 Å². The third-order valence-corrected chi connectivity index (χ3v) is 4.78. The molecule has 1 saturated heterocycles. The zero-order valence-electron chi connectivity index (χ0n) is 13.2. The van der Waals surface area contributed by atoms with Crippen LogP contribution >= 0.6 is 11.6 Å². The van der Waals surface area contributed by atoms with E-state index < -0.39 is 0 Å². The molecule has 1 aromatic heterocycles. The van der Waals surface area contributed by atoms with Gasteiger partial charge in [-0.25, -0.2) is 0 Å². The van der Waals surface area contributed by atoms with Crippen LogP contribution in [0.2, 0.25) is 5.02 Å². The number of pyridine rings is 1. The van der Waals surface area contributed by atoms with Crippen LogP contribution in [0.1, 0.15) is 26.2 Å². The van der Waals surface area contributed by atoms with E-state index in [1.54, 1.807) is 0 Å². The topological polar surface area (TPSA) is 28.2 Å². The number of hydrogen-bond donors (Lipinski definition) is 1. The molecule has 0 aliphatic carbocycles. The molecule has 0 unspecified atom stereocenters. The van der Waals surface area contributed by atoms with Crippen LogP contribution < -0.4 is 5.32 Å². The Kier molecular flexibility index (Phi) is 5.16. The zero-order valence-corrected chi connectivity index (χ0v) is 13.9. The van der Waals surface area contributed by atoms with Crippen LogP contribution in [-0.4, -0.2) is 36.1 Å². The summed E-state index contributed by atoms with van der Waals surface area (Å²) in [5.74, 6) is 0.907. The van der Waals surface area contributed by atoms with Gasteiger partial charge in [-0.15, -0.1) is 0 Å². The maximum absolute atomic E-state index is 6.03. The Morgan fingerprint density at radius 2 is 2.09 bits per heavy atom. The fourth-order valence-electron chi connectivity index (χ4n) is 3.09. The van der Waals surface area contributed by atoms with E-state index in [0.29, 0.717) is 0 Å². The molecule has 4 heteroatoms. The molecule has 22 heavy (non-hydrogen) atoms. The molecule has 0 radical (unpaired) electrons. The van der Waals surface area contributed by atoms with Gasteiger partial charge in [-0.05, 0) is 69.1 Å². The normalized spacial score (nSPS) is 17.0. The maximum Gasteiger partial charge on any atom is 0.0737 e. The van der Waals surface area contributed by atoms with Crippen molar-refractivity contribution in [3.8, 4) is 0 Å². The van der Waals surface area contributed by atoms with E-state index in [0.717, 1.165) is 34.1 Å². The second-order valence-electron chi connectivity index (χ2n) is 6.32. The highest BCUT2D eigenvalue weighted by Crippen LogP contribution is 2.24. The molecule has 3 rings (SSSR count). The predicted molar refractivity (Wildman–Crippen MR) is 94.7 cm³/mol. The molecule has 0 bridgehead atoms. The first kappa shape index (κ1) is 15.6. The first-order valence-corrected chi connectivity index (χ1v) is 8.60.